The van der Waals surface area contributed by atoms with Gasteiger partial charge in [0.25, 0.3) is 5.91 Å². The average Bonchev–Trinajstić information content (AvgIpc) is 3.43. The van der Waals surface area contributed by atoms with Crippen molar-refractivity contribution in [3.63, 3.8) is 0 Å². The number of carbonyl (C=O) groups is 2. The maximum atomic E-state index is 13.1. The lowest BCUT2D eigenvalue weighted by molar-refractivity contribution is -0.117. The first-order chi connectivity index (χ1) is 15.7. The molecule has 7 heteroatoms. The molecule has 7 nitrogen and oxygen atoms in total. The minimum atomic E-state index is -0.283. The molecule has 1 N–H and O–H groups in total. The molecule has 0 spiro atoms. The fourth-order valence-corrected chi connectivity index (χ4v) is 3.54. The van der Waals surface area contributed by atoms with Gasteiger partial charge in [0.05, 0.1) is 17.6 Å². The van der Waals surface area contributed by atoms with E-state index in [0.29, 0.717) is 12.4 Å². The van der Waals surface area contributed by atoms with Gasteiger partial charge in [0.15, 0.2) is 5.76 Å². The number of aryl methyl sites for hydroxylation is 1. The molecule has 33 heavy (non-hydrogen) atoms. The Morgan fingerprint density at radius 3 is 2.52 bits per heavy atom. The van der Waals surface area contributed by atoms with E-state index in [4.69, 9.17) is 9.52 Å². The number of para-hydroxylation sites is 1. The zero-order valence-electron chi connectivity index (χ0n) is 20.2. The summed E-state index contributed by atoms with van der Waals surface area (Å²) < 4.78 is 7.04. The van der Waals surface area contributed by atoms with Crippen LogP contribution in [0.25, 0.3) is 5.69 Å². The molecule has 0 bridgehead atoms. The number of nitrogens with one attached hydrogen (secondary N) is 1. The van der Waals surface area contributed by atoms with E-state index in [-0.39, 0.29) is 29.5 Å². The molecule has 0 saturated heterocycles. The van der Waals surface area contributed by atoms with Gasteiger partial charge in [-0.15, -0.1) is 0 Å². The molecule has 1 aromatic carbocycles. The third kappa shape index (κ3) is 6.12. The number of rotatable bonds is 9. The molecule has 176 valence electrons. The number of carbonyl (C=O) groups excluding carboxylic acids is 2. The van der Waals surface area contributed by atoms with Crippen molar-refractivity contribution >= 4 is 17.6 Å². The topological polar surface area (TPSA) is 80.4 Å². The number of hydrogen-bond donors (Lipinski definition) is 1. The molecule has 2 heterocycles. The lowest BCUT2D eigenvalue weighted by Gasteiger charge is -2.21. The maximum Gasteiger partial charge on any atom is 0.290 e. The second-order valence-corrected chi connectivity index (χ2v) is 9.32. The van der Waals surface area contributed by atoms with Crippen LogP contribution >= 0.6 is 0 Å². The van der Waals surface area contributed by atoms with Crippen molar-refractivity contribution in [1.29, 1.82) is 0 Å². The van der Waals surface area contributed by atoms with E-state index >= 15 is 0 Å². The summed E-state index contributed by atoms with van der Waals surface area (Å²) in [5, 5.41) is 7.77. The minimum absolute atomic E-state index is 0.0624. The Balaban J connectivity index is 1.84. The molecule has 0 radical (unpaired) electrons. The fraction of sp³-hybridized carbons (Fsp3) is 0.423. The number of anilines is 1. The van der Waals surface area contributed by atoms with E-state index in [1.807, 2.05) is 37.3 Å². The molecule has 2 amide bonds. The second kappa shape index (κ2) is 10.5. The summed E-state index contributed by atoms with van der Waals surface area (Å²) in [7, 11) is 0. The van der Waals surface area contributed by atoms with Crippen LogP contribution in [0.1, 0.15) is 68.8 Å². The standard InChI is InChI=1S/C26H34N4O3/c1-6-7-10-15-29(25(32)21-14-11-16-33-21)18-24(31)27-23-17-22(26(3,4)5)28-30(23)20-13-9-8-12-19(20)2/h8-9,11-14,16-17H,6-7,10,15,18H2,1-5H3,(H,27,31). The second-order valence-electron chi connectivity index (χ2n) is 9.32. The van der Waals surface area contributed by atoms with Gasteiger partial charge in [-0.25, -0.2) is 4.68 Å². The Labute approximate surface area is 195 Å². The largest absolute Gasteiger partial charge is 0.459 e. The molecule has 2 aromatic heterocycles. The first kappa shape index (κ1) is 24.3. The van der Waals surface area contributed by atoms with Crippen molar-refractivity contribution in [2.45, 2.75) is 59.3 Å². The van der Waals surface area contributed by atoms with Gasteiger partial charge in [0, 0.05) is 18.0 Å². The molecular weight excluding hydrogens is 416 g/mol. The average molecular weight is 451 g/mol. The Bertz CT molecular complexity index is 1080. The van der Waals surface area contributed by atoms with Crippen molar-refractivity contribution in [3.05, 3.63) is 65.7 Å². The van der Waals surface area contributed by atoms with Gasteiger partial charge in [-0.05, 0) is 37.1 Å². The molecule has 0 atom stereocenters. The van der Waals surface area contributed by atoms with Crippen LogP contribution in [0, 0.1) is 6.92 Å². The van der Waals surface area contributed by atoms with Crippen LogP contribution < -0.4 is 5.32 Å². The van der Waals surface area contributed by atoms with Gasteiger partial charge in [-0.2, -0.15) is 5.10 Å². The molecule has 0 saturated carbocycles. The van der Waals surface area contributed by atoms with E-state index < -0.39 is 0 Å². The summed E-state index contributed by atoms with van der Waals surface area (Å²) in [6, 6.07) is 13.1. The molecule has 0 fully saturated rings. The summed E-state index contributed by atoms with van der Waals surface area (Å²) >= 11 is 0. The highest BCUT2D eigenvalue weighted by Gasteiger charge is 2.24. The molecule has 0 aliphatic heterocycles. The van der Waals surface area contributed by atoms with Crippen molar-refractivity contribution in [2.24, 2.45) is 0 Å². The van der Waals surface area contributed by atoms with Gasteiger partial charge < -0.3 is 14.6 Å². The number of furan rings is 1. The lowest BCUT2D eigenvalue weighted by atomic mass is 9.92. The van der Waals surface area contributed by atoms with Gasteiger partial charge >= 0.3 is 0 Å². The minimum Gasteiger partial charge on any atom is -0.459 e. The Morgan fingerprint density at radius 2 is 1.88 bits per heavy atom. The Kier molecular flexibility index (Phi) is 7.74. The Morgan fingerprint density at radius 1 is 1.12 bits per heavy atom. The highest BCUT2D eigenvalue weighted by atomic mass is 16.3. The molecule has 3 rings (SSSR count). The molecule has 0 aliphatic carbocycles. The maximum absolute atomic E-state index is 13.1. The summed E-state index contributed by atoms with van der Waals surface area (Å²) in [5.74, 6) is 0.257. The summed E-state index contributed by atoms with van der Waals surface area (Å²) in [5.41, 5.74) is 2.63. The molecule has 3 aromatic rings. The SMILES string of the molecule is CCCCCN(CC(=O)Nc1cc(C(C)(C)C)nn1-c1ccccc1C)C(=O)c1ccco1. The Hall–Kier alpha value is -3.35. The number of benzene rings is 1. The monoisotopic (exact) mass is 450 g/mol. The van der Waals surface area contributed by atoms with E-state index in [1.54, 1.807) is 21.7 Å². The van der Waals surface area contributed by atoms with E-state index in [0.717, 1.165) is 36.2 Å². The molecule has 0 unspecified atom stereocenters. The van der Waals surface area contributed by atoms with Gasteiger partial charge in [0.2, 0.25) is 5.91 Å². The van der Waals surface area contributed by atoms with Crippen molar-refractivity contribution in [3.8, 4) is 5.69 Å². The van der Waals surface area contributed by atoms with Crippen LogP contribution in [-0.4, -0.2) is 39.6 Å². The summed E-state index contributed by atoms with van der Waals surface area (Å²) in [6.45, 7) is 10.8. The predicted molar refractivity (Wildman–Crippen MR) is 130 cm³/mol. The van der Waals surface area contributed by atoms with Crippen molar-refractivity contribution < 1.29 is 14.0 Å². The normalized spacial score (nSPS) is 11.4. The fourth-order valence-electron chi connectivity index (χ4n) is 3.54. The molecular formula is C26H34N4O3. The predicted octanol–water partition coefficient (Wildman–Crippen LogP) is 5.34. The quantitative estimate of drug-likeness (QED) is 0.446. The van der Waals surface area contributed by atoms with E-state index in [1.165, 1.54) is 6.26 Å². The van der Waals surface area contributed by atoms with Crippen LogP contribution in [0.2, 0.25) is 0 Å². The highest BCUT2D eigenvalue weighted by Crippen LogP contribution is 2.27. The first-order valence-electron chi connectivity index (χ1n) is 11.5. The third-order valence-corrected chi connectivity index (χ3v) is 5.47. The van der Waals surface area contributed by atoms with Crippen LogP contribution in [0.3, 0.4) is 0 Å². The third-order valence-electron chi connectivity index (χ3n) is 5.47. The van der Waals surface area contributed by atoms with E-state index in [2.05, 4.69) is 33.0 Å². The van der Waals surface area contributed by atoms with Gasteiger partial charge in [0.1, 0.15) is 12.4 Å². The number of amides is 2. The van der Waals surface area contributed by atoms with Crippen LogP contribution in [0.5, 0.6) is 0 Å². The highest BCUT2D eigenvalue weighted by molar-refractivity contribution is 5.97. The lowest BCUT2D eigenvalue weighted by Crippen LogP contribution is -2.38. The van der Waals surface area contributed by atoms with Gasteiger partial charge in [-0.1, -0.05) is 58.7 Å². The molecule has 0 aliphatic rings. The first-order valence-corrected chi connectivity index (χ1v) is 11.5. The van der Waals surface area contributed by atoms with Gasteiger partial charge in [-0.3, -0.25) is 9.59 Å². The zero-order valence-corrected chi connectivity index (χ0v) is 20.2. The van der Waals surface area contributed by atoms with Crippen LogP contribution in [0.4, 0.5) is 5.82 Å². The zero-order chi connectivity index (χ0) is 24.0. The van der Waals surface area contributed by atoms with Crippen molar-refractivity contribution in [1.82, 2.24) is 14.7 Å². The summed E-state index contributed by atoms with van der Waals surface area (Å²) in [4.78, 5) is 27.5. The van der Waals surface area contributed by atoms with Crippen molar-refractivity contribution in [2.75, 3.05) is 18.4 Å². The van der Waals surface area contributed by atoms with E-state index in [9.17, 15) is 9.59 Å². The number of hydrogen-bond acceptors (Lipinski definition) is 4. The van der Waals surface area contributed by atoms with Crippen LogP contribution in [-0.2, 0) is 10.2 Å². The number of unbranched alkanes of at least 4 members (excludes halogenated alkanes) is 2. The number of aromatic nitrogens is 2. The number of nitrogens with zero attached hydrogens (tertiary/aromatic N) is 3. The smallest absolute Gasteiger partial charge is 0.290 e. The summed E-state index contributed by atoms with van der Waals surface area (Å²) in [6.07, 6.45) is 4.30. The van der Waals surface area contributed by atoms with Crippen LogP contribution in [0.15, 0.2) is 53.1 Å².